The molecule has 0 heterocycles. The van der Waals surface area contributed by atoms with Crippen molar-refractivity contribution in [3.05, 3.63) is 0 Å². The third-order valence-corrected chi connectivity index (χ3v) is 1.59. The average Bonchev–Trinajstić information content (AvgIpc) is 1.68. The highest BCUT2D eigenvalue weighted by Crippen LogP contribution is 1.80. The Labute approximate surface area is 46.2 Å². The molecule has 0 aliphatic carbocycles. The van der Waals surface area contributed by atoms with Crippen LogP contribution in [-0.2, 0) is 11.2 Å². The normalized spacial score (nSPS) is 14.1. The molecule has 0 aromatic carbocycles. The van der Waals surface area contributed by atoms with Crippen LogP contribution in [0, 0.1) is 0 Å². The molecule has 0 saturated carbocycles. The smallest absolute Gasteiger partial charge is 0.154 e. The molecule has 0 aliphatic heterocycles. The molecule has 0 aliphatic rings. The van der Waals surface area contributed by atoms with Crippen molar-refractivity contribution in [3.8, 4) is 0 Å². The maximum atomic E-state index is 10.3. The summed E-state index contributed by atoms with van der Waals surface area (Å²) in [4.78, 5) is 0. The fraction of sp³-hybridized carbons (Fsp3) is 1.00. The van der Waals surface area contributed by atoms with Gasteiger partial charge in [0.1, 0.15) is 5.75 Å². The first-order valence-corrected chi connectivity index (χ1v) is 3.55. The van der Waals surface area contributed by atoms with Crippen LogP contribution in [0.4, 0.5) is 0 Å². The predicted molar refractivity (Wildman–Crippen MR) is 31.1 cm³/mol. The van der Waals surface area contributed by atoms with Crippen LogP contribution in [-0.4, -0.2) is 22.7 Å². The summed E-state index contributed by atoms with van der Waals surface area (Å²) in [5, 5.41) is 0. The van der Waals surface area contributed by atoms with Gasteiger partial charge >= 0.3 is 0 Å². The zero-order valence-electron chi connectivity index (χ0n) is 4.09. The molecule has 0 bridgehead atoms. The molecule has 0 aromatic heterocycles. The van der Waals surface area contributed by atoms with E-state index in [1.165, 1.54) is 0 Å². The molecule has 0 amide bonds. The van der Waals surface area contributed by atoms with Gasteiger partial charge in [-0.1, -0.05) is 0 Å². The molecule has 0 radical (unpaired) electrons. The molecular formula is C3H10N2OS. The van der Waals surface area contributed by atoms with Crippen LogP contribution < -0.4 is 11.5 Å². The van der Waals surface area contributed by atoms with Crippen molar-refractivity contribution in [1.29, 1.82) is 0 Å². The van der Waals surface area contributed by atoms with Crippen molar-refractivity contribution in [2.75, 3.05) is 18.2 Å². The van der Waals surface area contributed by atoms with Gasteiger partial charge in [0.2, 0.25) is 0 Å². The summed E-state index contributed by atoms with van der Waals surface area (Å²) in [5.41, 5.74) is 10.1. The van der Waals surface area contributed by atoms with E-state index in [1.807, 2.05) is 0 Å². The van der Waals surface area contributed by atoms with E-state index in [0.29, 0.717) is 12.3 Å². The van der Waals surface area contributed by atoms with Gasteiger partial charge in [0.15, 0.2) is 5.88 Å². The lowest BCUT2D eigenvalue weighted by Crippen LogP contribution is -2.22. The molecule has 1 atom stereocenters. The van der Waals surface area contributed by atoms with E-state index in [9.17, 15) is 4.55 Å². The summed E-state index contributed by atoms with van der Waals surface area (Å²) in [6, 6.07) is 0. The van der Waals surface area contributed by atoms with Crippen molar-refractivity contribution in [1.82, 2.24) is 0 Å². The quantitative estimate of drug-likeness (QED) is 0.452. The molecule has 0 aromatic rings. The van der Waals surface area contributed by atoms with Gasteiger partial charge in [-0.05, 0) is 11.2 Å². The predicted octanol–water partition coefficient (Wildman–Crippen LogP) is -1.39. The molecule has 1 unspecified atom stereocenters. The minimum Gasteiger partial charge on any atom is -0.615 e. The van der Waals surface area contributed by atoms with Crippen LogP contribution >= 0.6 is 0 Å². The summed E-state index contributed by atoms with van der Waals surface area (Å²) in [6.07, 6.45) is 0. The first-order valence-electron chi connectivity index (χ1n) is 2.06. The Morgan fingerprint density at radius 2 is 2.00 bits per heavy atom. The van der Waals surface area contributed by atoms with Crippen molar-refractivity contribution in [3.63, 3.8) is 0 Å². The Kier molecular flexibility index (Phi) is 4.53. The Morgan fingerprint density at radius 1 is 1.43 bits per heavy atom. The Morgan fingerprint density at radius 3 is 2.14 bits per heavy atom. The lowest BCUT2D eigenvalue weighted by Gasteiger charge is -2.03. The zero-order valence-corrected chi connectivity index (χ0v) is 4.91. The van der Waals surface area contributed by atoms with Crippen LogP contribution in [0.5, 0.6) is 0 Å². The van der Waals surface area contributed by atoms with Crippen LogP contribution in [0.15, 0.2) is 0 Å². The lowest BCUT2D eigenvalue weighted by atomic mass is 10.8. The summed E-state index contributed by atoms with van der Waals surface area (Å²) in [7, 11) is 0. The molecule has 4 heteroatoms. The van der Waals surface area contributed by atoms with E-state index < -0.39 is 11.2 Å². The molecule has 3 nitrogen and oxygen atoms in total. The second kappa shape index (κ2) is 4.39. The van der Waals surface area contributed by atoms with Gasteiger partial charge in [-0.25, -0.2) is 0 Å². The maximum Gasteiger partial charge on any atom is 0.154 e. The minimum absolute atomic E-state index is 0.233. The van der Waals surface area contributed by atoms with Crippen molar-refractivity contribution >= 4 is 11.2 Å². The fourth-order valence-electron chi connectivity index (χ4n) is 0.215. The van der Waals surface area contributed by atoms with Crippen LogP contribution in [0.1, 0.15) is 0 Å². The monoisotopic (exact) mass is 122 g/mol. The SMILES string of the molecule is NCC[S+]([O-])CN. The zero-order chi connectivity index (χ0) is 5.70. The van der Waals surface area contributed by atoms with Gasteiger partial charge in [0.05, 0.1) is 0 Å². The van der Waals surface area contributed by atoms with Crippen molar-refractivity contribution < 1.29 is 4.55 Å². The van der Waals surface area contributed by atoms with Crippen molar-refractivity contribution in [2.24, 2.45) is 11.5 Å². The summed E-state index contributed by atoms with van der Waals surface area (Å²) >= 11 is -0.874. The lowest BCUT2D eigenvalue weighted by molar-refractivity contribution is 0.595. The first kappa shape index (κ1) is 7.23. The average molecular weight is 122 g/mol. The molecule has 0 spiro atoms. The van der Waals surface area contributed by atoms with E-state index in [0.717, 1.165) is 0 Å². The second-order valence-electron chi connectivity index (χ2n) is 1.10. The van der Waals surface area contributed by atoms with Crippen LogP contribution in [0.2, 0.25) is 0 Å². The van der Waals surface area contributed by atoms with E-state index in [1.54, 1.807) is 0 Å². The summed E-state index contributed by atoms with van der Waals surface area (Å²) < 4.78 is 10.3. The number of hydrogen-bond acceptors (Lipinski definition) is 3. The van der Waals surface area contributed by atoms with Gasteiger partial charge in [-0.2, -0.15) is 0 Å². The third-order valence-electron chi connectivity index (χ3n) is 0.531. The van der Waals surface area contributed by atoms with Gasteiger partial charge in [-0.3, -0.25) is 5.73 Å². The summed E-state index contributed by atoms with van der Waals surface area (Å²) in [5.74, 6) is 0.758. The largest absolute Gasteiger partial charge is 0.615 e. The topological polar surface area (TPSA) is 75.1 Å². The number of hydrogen-bond donors (Lipinski definition) is 2. The number of nitrogens with two attached hydrogens (primary N) is 2. The molecule has 4 N–H and O–H groups in total. The highest BCUT2D eigenvalue weighted by Gasteiger charge is 1.96. The minimum atomic E-state index is -0.874. The van der Waals surface area contributed by atoms with E-state index >= 15 is 0 Å². The molecule has 0 saturated heterocycles. The molecule has 0 fully saturated rings. The Balaban J connectivity index is 2.83. The number of rotatable bonds is 3. The standard InChI is InChI=1S/C3H10N2OS/c4-1-2-7(6)3-5/h1-5H2. The highest BCUT2D eigenvalue weighted by molar-refractivity contribution is 7.91. The highest BCUT2D eigenvalue weighted by atomic mass is 32.2. The van der Waals surface area contributed by atoms with Crippen LogP contribution in [0.3, 0.4) is 0 Å². The van der Waals surface area contributed by atoms with Gasteiger partial charge in [0, 0.05) is 6.54 Å². The molecular weight excluding hydrogens is 112 g/mol. The van der Waals surface area contributed by atoms with Gasteiger partial charge < -0.3 is 10.3 Å². The third kappa shape index (κ3) is 4.08. The molecule has 7 heavy (non-hydrogen) atoms. The van der Waals surface area contributed by atoms with Gasteiger partial charge in [-0.15, -0.1) is 0 Å². The molecule has 0 rings (SSSR count). The van der Waals surface area contributed by atoms with Crippen molar-refractivity contribution in [2.45, 2.75) is 0 Å². The van der Waals surface area contributed by atoms with Gasteiger partial charge in [0.25, 0.3) is 0 Å². The second-order valence-corrected chi connectivity index (χ2v) is 2.72. The first-order chi connectivity index (χ1) is 3.31. The Bertz CT molecular complexity index is 43.9. The molecule has 44 valence electrons. The van der Waals surface area contributed by atoms with E-state index in [4.69, 9.17) is 11.5 Å². The van der Waals surface area contributed by atoms with E-state index in [2.05, 4.69) is 0 Å². The fourth-order valence-corrected chi connectivity index (χ4v) is 0.644. The Hall–Kier alpha value is 0.230. The summed E-state index contributed by atoms with van der Waals surface area (Å²) in [6.45, 7) is 0.462. The van der Waals surface area contributed by atoms with E-state index in [-0.39, 0.29) is 5.88 Å². The van der Waals surface area contributed by atoms with Crippen LogP contribution in [0.25, 0.3) is 0 Å². The maximum absolute atomic E-state index is 10.3.